The summed E-state index contributed by atoms with van der Waals surface area (Å²) in [6.07, 6.45) is 0. The van der Waals surface area contributed by atoms with Gasteiger partial charge in [-0.3, -0.25) is 0 Å². The summed E-state index contributed by atoms with van der Waals surface area (Å²) in [5.41, 5.74) is 2.33. The number of carbonyl (C=O) groups is 2. The van der Waals surface area contributed by atoms with Crippen molar-refractivity contribution in [3.05, 3.63) is 17.7 Å². The van der Waals surface area contributed by atoms with Crippen LogP contribution in [0.3, 0.4) is 0 Å². The Kier molecular flexibility index (Phi) is 3.49. The summed E-state index contributed by atoms with van der Waals surface area (Å²) in [5.74, 6) is 0.00901. The molecule has 6 heteroatoms. The molecule has 0 spiro atoms. The Labute approximate surface area is 144 Å². The first-order chi connectivity index (χ1) is 10.5. The van der Waals surface area contributed by atoms with Gasteiger partial charge >= 0.3 is 144 Å². The van der Waals surface area contributed by atoms with Crippen LogP contribution in [0.4, 0.5) is 5.69 Å². The zero-order chi connectivity index (χ0) is 17.2. The van der Waals surface area contributed by atoms with Crippen LogP contribution in [-0.2, 0) is 15.0 Å². The number of hydrogen-bond acceptors (Lipinski definition) is 3. The normalized spacial score (nSPS) is 17.0. The van der Waals surface area contributed by atoms with Gasteiger partial charge in [0.05, 0.1) is 0 Å². The molecule has 2 heterocycles. The van der Waals surface area contributed by atoms with Crippen molar-refractivity contribution < 1.29 is 9.59 Å². The molecule has 1 N–H and O–H groups in total. The number of rotatable bonds is 2. The third-order valence-electron chi connectivity index (χ3n) is 4.47. The number of anilines is 1. The number of aromatic amines is 1. The molecule has 1 aromatic carbocycles. The van der Waals surface area contributed by atoms with E-state index in [1.807, 2.05) is 46.8 Å². The molecule has 0 saturated heterocycles. The number of nitrogens with zero attached hydrogens (tertiary/aromatic N) is 2. The van der Waals surface area contributed by atoms with Crippen LogP contribution in [0.15, 0.2) is 12.1 Å². The first-order valence-electron chi connectivity index (χ1n) is 7.60. The molecule has 1 amide bonds. The number of Topliss-reactive ketones (excluding diaryl/α,β-unsaturated/α-hetero) is 1. The molecule has 2 aromatic rings. The first kappa shape index (κ1) is 16.3. The van der Waals surface area contributed by atoms with Gasteiger partial charge in [0.15, 0.2) is 0 Å². The van der Waals surface area contributed by atoms with Crippen LogP contribution in [0.2, 0.25) is 0 Å². The molecule has 0 bridgehead atoms. The van der Waals surface area contributed by atoms with Gasteiger partial charge in [-0.05, 0) is 0 Å². The van der Waals surface area contributed by atoms with Gasteiger partial charge in [-0.25, -0.2) is 0 Å². The fraction of sp³-hybridized carbons (Fsp3) is 0.471. The average Bonchev–Trinajstić information content (AvgIpc) is 2.86. The average molecular weight is 373 g/mol. The van der Waals surface area contributed by atoms with E-state index in [1.165, 1.54) is 0 Å². The Balaban J connectivity index is 2.12. The Hall–Kier alpha value is -1.61. The van der Waals surface area contributed by atoms with E-state index < -0.39 is 10.8 Å². The Morgan fingerprint density at radius 1 is 1.35 bits per heavy atom. The number of ketones is 1. The fourth-order valence-corrected chi connectivity index (χ4v) is 3.33. The second-order valence-corrected chi connectivity index (χ2v) is 8.53. The molecule has 5 nitrogen and oxygen atoms in total. The van der Waals surface area contributed by atoms with Crippen molar-refractivity contribution in [2.75, 3.05) is 11.4 Å². The summed E-state index contributed by atoms with van der Waals surface area (Å²) in [6, 6.07) is 3.88. The first-order valence-corrected chi connectivity index (χ1v) is 8.54. The molecule has 2 radical (unpaired) electrons. The van der Waals surface area contributed by atoms with Crippen LogP contribution >= 0.6 is 0 Å². The second kappa shape index (κ2) is 4.94. The van der Waals surface area contributed by atoms with Gasteiger partial charge in [0.1, 0.15) is 0 Å². The van der Waals surface area contributed by atoms with Crippen LogP contribution < -0.4 is 9.51 Å². The molecule has 1 aromatic heterocycles. The van der Waals surface area contributed by atoms with Crippen molar-refractivity contribution in [3.63, 3.8) is 0 Å². The maximum absolute atomic E-state index is 12.9. The van der Waals surface area contributed by atoms with Crippen LogP contribution in [0.5, 0.6) is 0 Å². The summed E-state index contributed by atoms with van der Waals surface area (Å²) < 4.78 is 0.776. The van der Waals surface area contributed by atoms with Crippen molar-refractivity contribution >= 4 is 49.9 Å². The Morgan fingerprint density at radius 3 is 2.61 bits per heavy atom. The number of benzene rings is 1. The minimum atomic E-state index is -0.643. The van der Waals surface area contributed by atoms with E-state index in [1.54, 1.807) is 4.90 Å². The Morgan fingerprint density at radius 2 is 2.00 bits per heavy atom. The minimum absolute atomic E-state index is 0.0368. The predicted octanol–water partition coefficient (Wildman–Crippen LogP) is 1.60. The maximum atomic E-state index is 12.9. The fourth-order valence-electron chi connectivity index (χ4n) is 2.86. The number of carbonyl (C=O) groups excluding carboxylic acids is 2. The molecule has 3 rings (SSSR count). The van der Waals surface area contributed by atoms with Gasteiger partial charge in [0.25, 0.3) is 0 Å². The van der Waals surface area contributed by atoms with Crippen LogP contribution in [0, 0.1) is 5.41 Å². The molecular weight excluding hydrogens is 353 g/mol. The number of fused-ring (bicyclic) bond motifs is 2. The number of aromatic nitrogens is 2. The molecular formula is C17H20AsN3O2. The van der Waals surface area contributed by atoms with Gasteiger partial charge in [-0.1, -0.05) is 0 Å². The topological polar surface area (TPSA) is 66.1 Å². The zero-order valence-corrected chi connectivity index (χ0v) is 15.9. The van der Waals surface area contributed by atoms with Gasteiger partial charge < -0.3 is 0 Å². The van der Waals surface area contributed by atoms with Crippen molar-refractivity contribution in [1.82, 2.24) is 9.97 Å². The molecule has 0 atom stereocenters. The number of hydrogen-bond donors (Lipinski definition) is 1. The molecule has 0 fully saturated rings. The van der Waals surface area contributed by atoms with E-state index in [-0.39, 0.29) is 18.2 Å². The second-order valence-electron chi connectivity index (χ2n) is 7.64. The summed E-state index contributed by atoms with van der Waals surface area (Å²) >= 11 is 2.38. The van der Waals surface area contributed by atoms with Crippen molar-refractivity contribution in [2.24, 2.45) is 5.41 Å². The number of H-pyrrole nitrogens is 1. The molecule has 1 aliphatic heterocycles. The molecule has 23 heavy (non-hydrogen) atoms. The van der Waals surface area contributed by atoms with E-state index in [0.717, 1.165) is 26.9 Å². The molecule has 0 saturated carbocycles. The van der Waals surface area contributed by atoms with Crippen molar-refractivity contribution in [1.29, 1.82) is 0 Å². The summed E-state index contributed by atoms with van der Waals surface area (Å²) in [4.78, 5) is 34.5. The number of amides is 1. The van der Waals surface area contributed by atoms with Gasteiger partial charge in [0, 0.05) is 0 Å². The van der Waals surface area contributed by atoms with Crippen LogP contribution in [0.25, 0.3) is 11.0 Å². The van der Waals surface area contributed by atoms with Crippen LogP contribution in [-0.4, -0.2) is 45.1 Å². The molecule has 0 aliphatic carbocycles. The standard InChI is InChI=1S/C17H20AsN3O2/c1-16(2,3)13(22)8-21-12-7-11-10(19-15(18)20-11)6-9(12)17(4,5)14(21)23/h6-7H,8H2,1-5H3,(H,19,20). The van der Waals surface area contributed by atoms with Gasteiger partial charge in [-0.15, -0.1) is 0 Å². The van der Waals surface area contributed by atoms with Crippen molar-refractivity contribution in [3.8, 4) is 0 Å². The van der Waals surface area contributed by atoms with E-state index in [9.17, 15) is 9.59 Å². The third-order valence-corrected chi connectivity index (χ3v) is 4.91. The van der Waals surface area contributed by atoms with E-state index in [4.69, 9.17) is 0 Å². The van der Waals surface area contributed by atoms with Crippen LogP contribution in [0.1, 0.15) is 40.2 Å². The summed E-state index contributed by atoms with van der Waals surface area (Å²) in [7, 11) is 0. The third kappa shape index (κ3) is 2.51. The predicted molar refractivity (Wildman–Crippen MR) is 91.3 cm³/mol. The molecule has 1 aliphatic rings. The quantitative estimate of drug-likeness (QED) is 0.814. The zero-order valence-electron chi connectivity index (χ0n) is 14.0. The van der Waals surface area contributed by atoms with E-state index >= 15 is 0 Å². The van der Waals surface area contributed by atoms with Crippen molar-refractivity contribution in [2.45, 2.75) is 40.0 Å². The van der Waals surface area contributed by atoms with E-state index in [0.29, 0.717) is 0 Å². The molecule has 0 unspecified atom stereocenters. The summed E-state index contributed by atoms with van der Waals surface area (Å²) in [6.45, 7) is 9.53. The Bertz CT molecular complexity index is 830. The molecule has 120 valence electrons. The SMILES string of the molecule is CC(C)(C)C(=O)CN1C(=O)C(C)(C)c2cc3[nH]c([As])nc3cc21. The summed E-state index contributed by atoms with van der Waals surface area (Å²) in [5, 5.41) is 0. The van der Waals surface area contributed by atoms with E-state index in [2.05, 4.69) is 26.8 Å². The number of nitrogens with one attached hydrogen (secondary N) is 1. The van der Waals surface area contributed by atoms with Gasteiger partial charge in [-0.2, -0.15) is 0 Å². The van der Waals surface area contributed by atoms with Gasteiger partial charge in [0.2, 0.25) is 0 Å². The monoisotopic (exact) mass is 373 g/mol. The number of imidazole rings is 1.